The Labute approximate surface area is 93.1 Å². The third-order valence-corrected chi connectivity index (χ3v) is 3.33. The number of fused-ring (bicyclic) bond motifs is 1. The number of para-hydroxylation sites is 1. The van der Waals surface area contributed by atoms with E-state index in [0.29, 0.717) is 6.02 Å². The molecule has 0 radical (unpaired) electrons. The van der Waals surface area contributed by atoms with Crippen LogP contribution in [0, 0.1) is 5.92 Å². The van der Waals surface area contributed by atoms with Gasteiger partial charge in [0, 0.05) is 0 Å². The smallest absolute Gasteiger partial charge is 0.300 e. The zero-order valence-electron chi connectivity index (χ0n) is 8.27. The van der Waals surface area contributed by atoms with E-state index in [1.54, 1.807) is 11.9 Å². The van der Waals surface area contributed by atoms with Crippen molar-refractivity contribution in [3.8, 4) is 0 Å². The van der Waals surface area contributed by atoms with Crippen LogP contribution in [0.25, 0.3) is 0 Å². The minimum atomic E-state index is 0.644. The molecule has 3 nitrogen and oxygen atoms in total. The van der Waals surface area contributed by atoms with E-state index in [1.165, 1.54) is 12.8 Å². The minimum absolute atomic E-state index is 0.644. The first-order valence-electron chi connectivity index (χ1n) is 5.15. The molecule has 3 rings (SSSR count). The van der Waals surface area contributed by atoms with E-state index >= 15 is 0 Å². The Bertz CT molecular complexity index is 401. The number of hydrogen-bond donors (Lipinski definition) is 1. The lowest BCUT2D eigenvalue weighted by molar-refractivity contribution is 0.279. The first kappa shape index (κ1) is 9.09. The first-order chi connectivity index (χ1) is 7.42. The molecule has 0 amide bonds. The van der Waals surface area contributed by atoms with Gasteiger partial charge in [0.25, 0.3) is 0 Å². The van der Waals surface area contributed by atoms with Gasteiger partial charge in [-0.3, -0.25) is 4.72 Å². The van der Waals surface area contributed by atoms with Gasteiger partial charge in [0.1, 0.15) is 0 Å². The third kappa shape index (κ3) is 2.09. The number of nitrogens with one attached hydrogen (secondary N) is 1. The molecule has 15 heavy (non-hydrogen) atoms. The van der Waals surface area contributed by atoms with Crippen molar-refractivity contribution in [3.63, 3.8) is 0 Å². The van der Waals surface area contributed by atoms with E-state index in [2.05, 4.69) is 9.71 Å². The number of aliphatic imine (C=N–C) groups is 1. The summed E-state index contributed by atoms with van der Waals surface area (Å²) in [6, 6.07) is 8.70. The van der Waals surface area contributed by atoms with Crippen molar-refractivity contribution in [2.24, 2.45) is 10.9 Å². The van der Waals surface area contributed by atoms with Gasteiger partial charge in [-0.15, -0.1) is 0 Å². The summed E-state index contributed by atoms with van der Waals surface area (Å²) in [5, 5.41) is 0. The molecule has 0 atom stereocenters. The van der Waals surface area contributed by atoms with Crippen LogP contribution >= 0.6 is 11.9 Å². The number of nitrogens with zero attached hydrogens (tertiary/aromatic N) is 1. The summed E-state index contributed by atoms with van der Waals surface area (Å²) in [7, 11) is 0. The predicted molar refractivity (Wildman–Crippen MR) is 61.2 cm³/mol. The highest BCUT2D eigenvalue weighted by Crippen LogP contribution is 2.32. The molecule has 2 aliphatic rings. The molecule has 78 valence electrons. The molecule has 0 aromatic heterocycles. The minimum Gasteiger partial charge on any atom is -0.464 e. The molecule has 4 heteroatoms. The summed E-state index contributed by atoms with van der Waals surface area (Å²) in [5.74, 6) is 0.761. The van der Waals surface area contributed by atoms with Crippen LogP contribution in [0.15, 0.2) is 34.2 Å². The molecule has 0 saturated heterocycles. The van der Waals surface area contributed by atoms with Crippen LogP contribution in [0.2, 0.25) is 0 Å². The van der Waals surface area contributed by atoms with Crippen LogP contribution in [0.4, 0.5) is 5.69 Å². The Kier molecular flexibility index (Phi) is 2.29. The molecule has 1 aromatic rings. The quantitative estimate of drug-likeness (QED) is 0.778. The van der Waals surface area contributed by atoms with E-state index in [4.69, 9.17) is 4.74 Å². The third-order valence-electron chi connectivity index (χ3n) is 2.49. The van der Waals surface area contributed by atoms with Gasteiger partial charge in [0.15, 0.2) is 0 Å². The fraction of sp³-hybridized carbons (Fsp3) is 0.364. The van der Waals surface area contributed by atoms with Gasteiger partial charge in [-0.25, -0.2) is 0 Å². The summed E-state index contributed by atoms with van der Waals surface area (Å²) in [4.78, 5) is 5.56. The monoisotopic (exact) mass is 220 g/mol. The van der Waals surface area contributed by atoms with Crippen molar-refractivity contribution in [2.75, 3.05) is 6.61 Å². The molecule has 0 unspecified atom stereocenters. The molecular formula is C11H12N2OS. The van der Waals surface area contributed by atoms with Gasteiger partial charge in [0.05, 0.1) is 17.2 Å². The van der Waals surface area contributed by atoms with E-state index in [1.807, 2.05) is 24.3 Å². The predicted octanol–water partition coefficient (Wildman–Crippen LogP) is 2.71. The molecule has 1 heterocycles. The molecule has 1 aliphatic heterocycles. The van der Waals surface area contributed by atoms with Crippen LogP contribution < -0.4 is 4.72 Å². The average Bonchev–Trinajstić information content (AvgIpc) is 3.10. The number of benzene rings is 1. The van der Waals surface area contributed by atoms with E-state index in [9.17, 15) is 0 Å². The highest BCUT2D eigenvalue weighted by molar-refractivity contribution is 7.98. The van der Waals surface area contributed by atoms with Gasteiger partial charge in [-0.1, -0.05) is 12.1 Å². The lowest BCUT2D eigenvalue weighted by Crippen LogP contribution is -2.22. The van der Waals surface area contributed by atoms with E-state index < -0.39 is 0 Å². The number of amidine groups is 1. The van der Waals surface area contributed by atoms with Crippen molar-refractivity contribution >= 4 is 23.7 Å². The molecule has 1 saturated carbocycles. The Hall–Kier alpha value is -1.16. The Balaban J connectivity index is 1.72. The van der Waals surface area contributed by atoms with Crippen LogP contribution in [0.5, 0.6) is 0 Å². The largest absolute Gasteiger partial charge is 0.464 e. The fourth-order valence-electron chi connectivity index (χ4n) is 1.41. The highest BCUT2D eigenvalue weighted by atomic mass is 32.2. The van der Waals surface area contributed by atoms with Crippen LogP contribution in [-0.2, 0) is 4.74 Å². The molecule has 1 fully saturated rings. The van der Waals surface area contributed by atoms with Crippen molar-refractivity contribution in [2.45, 2.75) is 17.7 Å². The topological polar surface area (TPSA) is 33.6 Å². The second-order valence-corrected chi connectivity index (χ2v) is 4.69. The zero-order valence-corrected chi connectivity index (χ0v) is 9.09. The summed E-state index contributed by atoms with van der Waals surface area (Å²) in [5.41, 5.74) is 0.993. The molecule has 0 bridgehead atoms. The molecule has 1 aliphatic carbocycles. The summed E-state index contributed by atoms with van der Waals surface area (Å²) < 4.78 is 8.68. The molecular weight excluding hydrogens is 208 g/mol. The molecule has 1 aromatic carbocycles. The van der Waals surface area contributed by atoms with Gasteiger partial charge in [-0.2, -0.15) is 4.99 Å². The second-order valence-electron chi connectivity index (χ2n) is 3.84. The summed E-state index contributed by atoms with van der Waals surface area (Å²) in [6.45, 7) is 0.800. The molecule has 1 N–H and O–H groups in total. The van der Waals surface area contributed by atoms with Crippen LogP contribution in [0.1, 0.15) is 12.8 Å². The van der Waals surface area contributed by atoms with E-state index in [-0.39, 0.29) is 0 Å². The van der Waals surface area contributed by atoms with E-state index in [0.717, 1.165) is 23.1 Å². The lowest BCUT2D eigenvalue weighted by atomic mass is 10.3. The molecule has 0 spiro atoms. The SMILES string of the molecule is c1ccc2c(c1)N=C(OCC1CC1)NS2. The Morgan fingerprint density at radius 3 is 3.13 bits per heavy atom. The fourth-order valence-corrected chi connectivity index (χ4v) is 2.08. The zero-order chi connectivity index (χ0) is 10.1. The maximum absolute atomic E-state index is 5.58. The van der Waals surface area contributed by atoms with Gasteiger partial charge in [-0.05, 0) is 42.8 Å². The second kappa shape index (κ2) is 3.77. The number of rotatable bonds is 2. The first-order valence-corrected chi connectivity index (χ1v) is 5.97. The van der Waals surface area contributed by atoms with Crippen molar-refractivity contribution in [1.82, 2.24) is 4.72 Å². The maximum Gasteiger partial charge on any atom is 0.300 e. The highest BCUT2D eigenvalue weighted by Gasteiger charge is 2.23. The normalized spacial score (nSPS) is 18.8. The van der Waals surface area contributed by atoms with Crippen molar-refractivity contribution < 1.29 is 4.74 Å². The maximum atomic E-state index is 5.58. The Morgan fingerprint density at radius 1 is 1.40 bits per heavy atom. The summed E-state index contributed by atoms with van der Waals surface area (Å²) >= 11 is 1.56. The van der Waals surface area contributed by atoms with Crippen LogP contribution in [-0.4, -0.2) is 12.6 Å². The average molecular weight is 220 g/mol. The van der Waals surface area contributed by atoms with Gasteiger partial charge >= 0.3 is 6.02 Å². The summed E-state index contributed by atoms with van der Waals surface area (Å²) in [6.07, 6.45) is 2.61. The van der Waals surface area contributed by atoms with Crippen molar-refractivity contribution in [1.29, 1.82) is 0 Å². The number of ether oxygens (including phenoxy) is 1. The van der Waals surface area contributed by atoms with Crippen molar-refractivity contribution in [3.05, 3.63) is 24.3 Å². The lowest BCUT2D eigenvalue weighted by Gasteiger charge is -2.16. The number of hydrogen-bond acceptors (Lipinski definition) is 4. The Morgan fingerprint density at radius 2 is 2.27 bits per heavy atom. The van der Waals surface area contributed by atoms with Gasteiger partial charge in [0.2, 0.25) is 0 Å². The van der Waals surface area contributed by atoms with Gasteiger partial charge < -0.3 is 4.74 Å². The van der Waals surface area contributed by atoms with Crippen LogP contribution in [0.3, 0.4) is 0 Å². The standard InChI is InChI=1S/C11H12N2OS/c1-2-4-10-9(3-1)12-11(13-15-10)14-7-8-5-6-8/h1-4,8H,5-7H2,(H,12,13).